The van der Waals surface area contributed by atoms with Gasteiger partial charge in [0, 0.05) is 19.2 Å². The minimum Gasteiger partial charge on any atom is -0.465 e. The molecule has 2 rings (SSSR count). The third-order valence-corrected chi connectivity index (χ3v) is 1.95. The zero-order valence-electron chi connectivity index (χ0n) is 6.47. The van der Waals surface area contributed by atoms with Gasteiger partial charge in [-0.2, -0.15) is 5.10 Å². The lowest BCUT2D eigenvalue weighted by Crippen LogP contribution is -2.36. The number of nitrogens with zero attached hydrogens (tertiary/aromatic N) is 3. The van der Waals surface area contributed by atoms with Gasteiger partial charge in [0.15, 0.2) is 0 Å². The smallest absolute Gasteiger partial charge is 0.413 e. The Balaban J connectivity index is 2.37. The van der Waals surface area contributed by atoms with Crippen LogP contribution in [0.5, 0.6) is 0 Å². The zero-order valence-corrected chi connectivity index (χ0v) is 6.47. The van der Waals surface area contributed by atoms with Crippen molar-refractivity contribution in [1.29, 1.82) is 0 Å². The van der Waals surface area contributed by atoms with E-state index in [1.165, 1.54) is 4.90 Å². The van der Waals surface area contributed by atoms with E-state index in [1.807, 2.05) is 0 Å². The van der Waals surface area contributed by atoms with Crippen molar-refractivity contribution >= 4 is 11.9 Å². The predicted molar refractivity (Wildman–Crippen MR) is 42.2 cm³/mol. The molecule has 0 unspecified atom stereocenters. The Morgan fingerprint density at radius 2 is 2.42 bits per heavy atom. The summed E-state index contributed by atoms with van der Waals surface area (Å²) in [5.74, 6) is 0.675. The number of carboxylic acid groups (broad SMARTS) is 1. The number of fused-ring (bicyclic) bond motifs is 1. The maximum absolute atomic E-state index is 10.7. The van der Waals surface area contributed by atoms with Crippen molar-refractivity contribution < 1.29 is 9.90 Å². The van der Waals surface area contributed by atoms with Crippen molar-refractivity contribution in [3.05, 3.63) is 12.3 Å². The highest BCUT2D eigenvalue weighted by molar-refractivity contribution is 5.84. The molecule has 0 aromatic carbocycles. The van der Waals surface area contributed by atoms with Gasteiger partial charge in [0.05, 0.1) is 6.20 Å². The lowest BCUT2D eigenvalue weighted by Gasteiger charge is -2.24. The van der Waals surface area contributed by atoms with Gasteiger partial charge >= 0.3 is 6.09 Å². The Labute approximate surface area is 69.2 Å². The predicted octanol–water partition coefficient (Wildman–Crippen LogP) is 0.771. The first-order valence-corrected chi connectivity index (χ1v) is 3.81. The molecule has 0 spiro atoms. The zero-order chi connectivity index (χ0) is 8.55. The topological polar surface area (TPSA) is 58.4 Å². The number of rotatable bonds is 0. The van der Waals surface area contributed by atoms with Crippen LogP contribution in [-0.2, 0) is 6.54 Å². The third kappa shape index (κ3) is 0.939. The van der Waals surface area contributed by atoms with Gasteiger partial charge in [0.1, 0.15) is 5.82 Å². The number of aromatic nitrogens is 2. The van der Waals surface area contributed by atoms with Gasteiger partial charge in [-0.15, -0.1) is 0 Å². The van der Waals surface area contributed by atoms with Gasteiger partial charge in [-0.25, -0.2) is 9.48 Å². The number of aryl methyl sites for hydroxylation is 1. The van der Waals surface area contributed by atoms with Crippen molar-refractivity contribution in [3.8, 4) is 0 Å². The van der Waals surface area contributed by atoms with Gasteiger partial charge in [-0.05, 0) is 6.42 Å². The molecule has 0 radical (unpaired) electrons. The van der Waals surface area contributed by atoms with Crippen molar-refractivity contribution in [3.63, 3.8) is 0 Å². The van der Waals surface area contributed by atoms with Crippen LogP contribution in [0.1, 0.15) is 6.42 Å². The van der Waals surface area contributed by atoms with Crippen molar-refractivity contribution in [2.75, 3.05) is 11.4 Å². The molecule has 1 N–H and O–H groups in total. The average Bonchev–Trinajstić information content (AvgIpc) is 2.49. The summed E-state index contributed by atoms with van der Waals surface area (Å²) >= 11 is 0. The lowest BCUT2D eigenvalue weighted by molar-refractivity contribution is 0.200. The van der Waals surface area contributed by atoms with Crippen molar-refractivity contribution in [2.24, 2.45) is 0 Å². The molecule has 64 valence electrons. The molecule has 0 fully saturated rings. The largest absolute Gasteiger partial charge is 0.465 e. The van der Waals surface area contributed by atoms with Crippen molar-refractivity contribution in [2.45, 2.75) is 13.0 Å². The molecule has 2 heterocycles. The minimum atomic E-state index is -0.906. The van der Waals surface area contributed by atoms with Gasteiger partial charge in [0.25, 0.3) is 0 Å². The molecule has 0 saturated heterocycles. The Kier molecular flexibility index (Phi) is 1.49. The highest BCUT2D eigenvalue weighted by Gasteiger charge is 2.21. The molecule has 12 heavy (non-hydrogen) atoms. The van der Waals surface area contributed by atoms with Crippen LogP contribution in [0.3, 0.4) is 0 Å². The highest BCUT2D eigenvalue weighted by atomic mass is 16.4. The number of carbonyl (C=O) groups is 1. The van der Waals surface area contributed by atoms with E-state index in [0.717, 1.165) is 13.0 Å². The molecule has 1 aromatic heterocycles. The summed E-state index contributed by atoms with van der Waals surface area (Å²) in [5, 5.41) is 12.8. The van der Waals surface area contributed by atoms with E-state index in [1.54, 1.807) is 16.9 Å². The standard InChI is InChI=1S/C7H9N3O2/c11-7(12)9-4-1-5-10-6(9)2-3-8-10/h2-3H,1,4-5H2,(H,11,12). The maximum Gasteiger partial charge on any atom is 0.413 e. The van der Waals surface area contributed by atoms with E-state index in [4.69, 9.17) is 5.11 Å². The second kappa shape index (κ2) is 2.51. The van der Waals surface area contributed by atoms with Crippen molar-refractivity contribution in [1.82, 2.24) is 9.78 Å². The van der Waals surface area contributed by atoms with E-state index < -0.39 is 6.09 Å². The van der Waals surface area contributed by atoms with Crippen LogP contribution < -0.4 is 4.90 Å². The van der Waals surface area contributed by atoms with Crippen LogP contribution in [0.15, 0.2) is 12.3 Å². The fourth-order valence-corrected chi connectivity index (χ4v) is 1.41. The van der Waals surface area contributed by atoms with E-state index >= 15 is 0 Å². The molecule has 0 bridgehead atoms. The summed E-state index contributed by atoms with van der Waals surface area (Å²) in [7, 11) is 0. The average molecular weight is 167 g/mol. The number of amides is 1. The molecule has 1 amide bonds. The number of hydrogen-bond acceptors (Lipinski definition) is 2. The van der Waals surface area contributed by atoms with Gasteiger partial charge < -0.3 is 5.11 Å². The molecule has 0 aliphatic carbocycles. The minimum absolute atomic E-state index is 0.570. The Morgan fingerprint density at radius 1 is 1.58 bits per heavy atom. The van der Waals surface area contributed by atoms with E-state index in [-0.39, 0.29) is 0 Å². The van der Waals surface area contributed by atoms with Crippen LogP contribution in [0.4, 0.5) is 10.6 Å². The van der Waals surface area contributed by atoms with Gasteiger partial charge in [-0.1, -0.05) is 0 Å². The van der Waals surface area contributed by atoms with Crippen LogP contribution in [0.25, 0.3) is 0 Å². The summed E-state index contributed by atoms with van der Waals surface area (Å²) in [5.41, 5.74) is 0. The lowest BCUT2D eigenvalue weighted by atomic mass is 10.3. The quantitative estimate of drug-likeness (QED) is 0.620. The third-order valence-electron chi connectivity index (χ3n) is 1.95. The molecule has 1 aromatic rings. The fourth-order valence-electron chi connectivity index (χ4n) is 1.41. The van der Waals surface area contributed by atoms with Crippen LogP contribution in [0, 0.1) is 0 Å². The van der Waals surface area contributed by atoms with Gasteiger partial charge in [-0.3, -0.25) is 4.90 Å². The highest BCUT2D eigenvalue weighted by Crippen LogP contribution is 2.18. The summed E-state index contributed by atoms with van der Waals surface area (Å²) < 4.78 is 1.71. The molecular formula is C7H9N3O2. The first-order valence-electron chi connectivity index (χ1n) is 3.81. The fraction of sp³-hybridized carbons (Fsp3) is 0.429. The van der Waals surface area contributed by atoms with E-state index in [9.17, 15) is 4.79 Å². The second-order valence-electron chi connectivity index (χ2n) is 2.70. The SMILES string of the molecule is O=C(O)N1CCCn2nccc21. The summed E-state index contributed by atoms with van der Waals surface area (Å²) in [6.07, 6.45) is 1.55. The van der Waals surface area contributed by atoms with E-state index in [2.05, 4.69) is 5.10 Å². The maximum atomic E-state index is 10.7. The van der Waals surface area contributed by atoms with Gasteiger partial charge in [0.2, 0.25) is 0 Å². The van der Waals surface area contributed by atoms with Crippen LogP contribution in [0.2, 0.25) is 0 Å². The number of anilines is 1. The molecule has 1 aliphatic rings. The summed E-state index contributed by atoms with van der Waals surface area (Å²) in [4.78, 5) is 12.0. The summed E-state index contributed by atoms with van der Waals surface area (Å²) in [6, 6.07) is 1.72. The number of hydrogen-bond donors (Lipinski definition) is 1. The Hall–Kier alpha value is -1.52. The Bertz CT molecular complexity index is 307. The molecule has 0 saturated carbocycles. The monoisotopic (exact) mass is 167 g/mol. The molecule has 1 aliphatic heterocycles. The Morgan fingerprint density at radius 3 is 3.17 bits per heavy atom. The van der Waals surface area contributed by atoms with Crippen LogP contribution in [-0.4, -0.2) is 27.5 Å². The first kappa shape index (κ1) is 7.15. The van der Waals surface area contributed by atoms with Crippen LogP contribution >= 0.6 is 0 Å². The van der Waals surface area contributed by atoms with E-state index in [0.29, 0.717) is 12.4 Å². The second-order valence-corrected chi connectivity index (χ2v) is 2.70. The summed E-state index contributed by atoms with van der Waals surface area (Å²) in [6.45, 7) is 1.38. The molecule has 5 heteroatoms. The normalized spacial score (nSPS) is 15.8. The molecule has 5 nitrogen and oxygen atoms in total. The first-order chi connectivity index (χ1) is 5.79. The molecule has 0 atom stereocenters. The molecular weight excluding hydrogens is 158 g/mol.